The molecule has 0 saturated carbocycles. The molecule has 7 heteroatoms. The summed E-state index contributed by atoms with van der Waals surface area (Å²) in [4.78, 5) is 32.1. The second-order valence-corrected chi connectivity index (χ2v) is 5.45. The fourth-order valence-electron chi connectivity index (χ4n) is 2.42. The van der Waals surface area contributed by atoms with Crippen molar-refractivity contribution in [2.75, 3.05) is 16.0 Å². The smallest absolute Gasteiger partial charge is 0.323 e. The first-order chi connectivity index (χ1) is 12.6. The van der Waals surface area contributed by atoms with Crippen LogP contribution in [0.3, 0.4) is 0 Å². The van der Waals surface area contributed by atoms with E-state index >= 15 is 0 Å². The van der Waals surface area contributed by atoms with Gasteiger partial charge in [0.05, 0.1) is 23.3 Å². The highest BCUT2D eigenvalue weighted by atomic mass is 16.2. The summed E-state index contributed by atoms with van der Waals surface area (Å²) in [5.41, 5.74) is 2.90. The maximum atomic E-state index is 12.3. The van der Waals surface area contributed by atoms with E-state index in [9.17, 15) is 9.59 Å². The Morgan fingerprint density at radius 2 is 1.65 bits per heavy atom. The fourth-order valence-corrected chi connectivity index (χ4v) is 2.42. The van der Waals surface area contributed by atoms with Gasteiger partial charge in [-0.05, 0) is 30.3 Å². The number of anilines is 3. The molecule has 0 aliphatic rings. The van der Waals surface area contributed by atoms with E-state index < -0.39 is 0 Å². The Balaban J connectivity index is 1.87. The van der Waals surface area contributed by atoms with Crippen molar-refractivity contribution in [1.29, 1.82) is 0 Å². The number of para-hydroxylation sites is 1. The minimum Gasteiger partial charge on any atom is -0.324 e. The number of amides is 3. The largest absolute Gasteiger partial charge is 0.324 e. The maximum absolute atomic E-state index is 12.3. The molecule has 1 aromatic carbocycles. The second kappa shape index (κ2) is 7.89. The molecule has 3 amide bonds. The van der Waals surface area contributed by atoms with Crippen LogP contribution in [0.5, 0.6) is 0 Å². The Bertz CT molecular complexity index is 928. The third kappa shape index (κ3) is 4.21. The average molecular weight is 347 g/mol. The first-order valence-corrected chi connectivity index (χ1v) is 7.93. The van der Waals surface area contributed by atoms with Gasteiger partial charge in [0.2, 0.25) is 5.91 Å². The van der Waals surface area contributed by atoms with Gasteiger partial charge in [-0.3, -0.25) is 14.8 Å². The van der Waals surface area contributed by atoms with E-state index in [1.54, 1.807) is 48.9 Å². The lowest BCUT2D eigenvalue weighted by Crippen LogP contribution is -2.20. The van der Waals surface area contributed by atoms with Gasteiger partial charge in [-0.2, -0.15) is 0 Å². The number of urea groups is 1. The van der Waals surface area contributed by atoms with Gasteiger partial charge in [0.15, 0.2) is 0 Å². The molecule has 0 saturated heterocycles. The van der Waals surface area contributed by atoms with Gasteiger partial charge in [0, 0.05) is 30.6 Å². The van der Waals surface area contributed by atoms with E-state index in [4.69, 9.17) is 0 Å². The van der Waals surface area contributed by atoms with E-state index in [1.165, 1.54) is 6.92 Å². The van der Waals surface area contributed by atoms with E-state index in [0.29, 0.717) is 28.3 Å². The molecule has 0 unspecified atom stereocenters. The zero-order chi connectivity index (χ0) is 18.4. The molecule has 3 N–H and O–H groups in total. The van der Waals surface area contributed by atoms with Gasteiger partial charge in [-0.15, -0.1) is 0 Å². The third-order valence-corrected chi connectivity index (χ3v) is 3.47. The molecule has 0 radical (unpaired) electrons. The summed E-state index contributed by atoms with van der Waals surface area (Å²) in [6.07, 6.45) is 4.76. The Kier molecular flexibility index (Phi) is 5.19. The number of pyridine rings is 2. The molecule has 0 aliphatic carbocycles. The summed E-state index contributed by atoms with van der Waals surface area (Å²) in [6.45, 7) is 1.42. The number of aromatic nitrogens is 2. The number of hydrogen-bond donors (Lipinski definition) is 3. The van der Waals surface area contributed by atoms with Crippen molar-refractivity contribution in [1.82, 2.24) is 9.97 Å². The van der Waals surface area contributed by atoms with Crippen LogP contribution in [0.4, 0.5) is 21.9 Å². The lowest BCUT2D eigenvalue weighted by atomic mass is 10.1. The standard InChI is InChI=1S/C19H17N5O2/c1-13(25)22-17-12-20-11-9-15(17)18-16(8-5-10-21-18)24-19(26)23-14-6-3-2-4-7-14/h2-12H,1H3,(H,22,25)(H2,23,24,26). The van der Waals surface area contributed by atoms with Crippen LogP contribution in [-0.4, -0.2) is 21.9 Å². The molecule has 7 nitrogen and oxygen atoms in total. The molecular weight excluding hydrogens is 330 g/mol. The minimum atomic E-state index is -0.388. The zero-order valence-corrected chi connectivity index (χ0v) is 14.1. The topological polar surface area (TPSA) is 96.0 Å². The number of benzene rings is 1. The van der Waals surface area contributed by atoms with Crippen molar-refractivity contribution in [2.24, 2.45) is 0 Å². The van der Waals surface area contributed by atoms with Gasteiger partial charge in [0.25, 0.3) is 0 Å². The summed E-state index contributed by atoms with van der Waals surface area (Å²) < 4.78 is 0. The van der Waals surface area contributed by atoms with Crippen molar-refractivity contribution < 1.29 is 9.59 Å². The molecule has 26 heavy (non-hydrogen) atoms. The van der Waals surface area contributed by atoms with E-state index in [1.807, 2.05) is 18.2 Å². The van der Waals surface area contributed by atoms with Crippen LogP contribution in [0, 0.1) is 0 Å². The summed E-state index contributed by atoms with van der Waals surface area (Å²) in [7, 11) is 0. The van der Waals surface area contributed by atoms with Crippen molar-refractivity contribution in [3.05, 3.63) is 67.1 Å². The molecule has 3 aromatic rings. The third-order valence-electron chi connectivity index (χ3n) is 3.47. The second-order valence-electron chi connectivity index (χ2n) is 5.45. The normalized spacial score (nSPS) is 10.0. The molecule has 0 spiro atoms. The van der Waals surface area contributed by atoms with E-state index in [2.05, 4.69) is 25.9 Å². The van der Waals surface area contributed by atoms with Crippen molar-refractivity contribution in [3.8, 4) is 11.3 Å². The lowest BCUT2D eigenvalue weighted by molar-refractivity contribution is -0.114. The zero-order valence-electron chi connectivity index (χ0n) is 14.1. The quantitative estimate of drug-likeness (QED) is 0.670. The number of nitrogens with zero attached hydrogens (tertiary/aromatic N) is 2. The molecule has 2 heterocycles. The maximum Gasteiger partial charge on any atom is 0.323 e. The van der Waals surface area contributed by atoms with Gasteiger partial charge in [-0.1, -0.05) is 18.2 Å². The minimum absolute atomic E-state index is 0.216. The lowest BCUT2D eigenvalue weighted by Gasteiger charge is -2.14. The number of nitrogens with one attached hydrogen (secondary N) is 3. The van der Waals surface area contributed by atoms with Crippen LogP contribution >= 0.6 is 0 Å². The predicted octanol–water partition coefficient (Wildman–Crippen LogP) is 3.75. The van der Waals surface area contributed by atoms with Crippen molar-refractivity contribution >= 4 is 29.0 Å². The Morgan fingerprint density at radius 3 is 2.42 bits per heavy atom. The van der Waals surface area contributed by atoms with Crippen molar-refractivity contribution in [2.45, 2.75) is 6.92 Å². The molecule has 3 rings (SSSR count). The monoisotopic (exact) mass is 347 g/mol. The summed E-state index contributed by atoms with van der Waals surface area (Å²) in [5.74, 6) is -0.216. The van der Waals surface area contributed by atoms with Crippen LogP contribution < -0.4 is 16.0 Å². The average Bonchev–Trinajstić information content (AvgIpc) is 2.63. The SMILES string of the molecule is CC(=O)Nc1cnccc1-c1ncccc1NC(=O)Nc1ccccc1. The number of carbonyl (C=O) groups excluding carboxylic acids is 2. The molecule has 130 valence electrons. The van der Waals surface area contributed by atoms with Gasteiger partial charge in [0.1, 0.15) is 0 Å². The molecule has 0 fully saturated rings. The molecule has 0 aliphatic heterocycles. The van der Waals surface area contributed by atoms with Crippen LogP contribution in [-0.2, 0) is 4.79 Å². The van der Waals surface area contributed by atoms with Crippen LogP contribution in [0.25, 0.3) is 11.3 Å². The molecule has 2 aromatic heterocycles. The Hall–Kier alpha value is -3.74. The Labute approximate surface area is 150 Å². The van der Waals surface area contributed by atoms with Crippen LogP contribution in [0.1, 0.15) is 6.92 Å². The number of rotatable bonds is 4. The summed E-state index contributed by atoms with van der Waals surface area (Å²) in [5, 5.41) is 8.27. The van der Waals surface area contributed by atoms with Gasteiger partial charge in [-0.25, -0.2) is 4.79 Å². The Morgan fingerprint density at radius 1 is 0.846 bits per heavy atom. The highest BCUT2D eigenvalue weighted by molar-refractivity contribution is 6.03. The van der Waals surface area contributed by atoms with Crippen LogP contribution in [0.2, 0.25) is 0 Å². The summed E-state index contributed by atoms with van der Waals surface area (Å²) >= 11 is 0. The highest BCUT2D eigenvalue weighted by Crippen LogP contribution is 2.31. The predicted molar refractivity (Wildman–Crippen MR) is 101 cm³/mol. The van der Waals surface area contributed by atoms with Gasteiger partial charge < -0.3 is 16.0 Å². The highest BCUT2D eigenvalue weighted by Gasteiger charge is 2.14. The van der Waals surface area contributed by atoms with Gasteiger partial charge >= 0.3 is 6.03 Å². The summed E-state index contributed by atoms with van der Waals surface area (Å²) in [6, 6.07) is 13.9. The first kappa shape index (κ1) is 17.1. The number of carbonyl (C=O) groups is 2. The number of hydrogen-bond acceptors (Lipinski definition) is 4. The molecule has 0 bridgehead atoms. The fraction of sp³-hybridized carbons (Fsp3) is 0.0526. The van der Waals surface area contributed by atoms with E-state index in [0.717, 1.165) is 0 Å². The first-order valence-electron chi connectivity index (χ1n) is 7.93. The van der Waals surface area contributed by atoms with Crippen LogP contribution in [0.15, 0.2) is 67.1 Å². The molecule has 0 atom stereocenters. The van der Waals surface area contributed by atoms with E-state index in [-0.39, 0.29) is 11.9 Å². The molecular formula is C19H17N5O2. The van der Waals surface area contributed by atoms with Crippen molar-refractivity contribution in [3.63, 3.8) is 0 Å².